The Morgan fingerprint density at radius 2 is 1.96 bits per heavy atom. The summed E-state index contributed by atoms with van der Waals surface area (Å²) in [5.74, 6) is 0.646. The summed E-state index contributed by atoms with van der Waals surface area (Å²) in [5.41, 5.74) is 6.75. The Morgan fingerprint density at radius 3 is 2.64 bits per heavy atom. The highest BCUT2D eigenvalue weighted by atomic mass is 31.0. The summed E-state index contributed by atoms with van der Waals surface area (Å²) in [4.78, 5) is 8.96. The SMILES string of the molecule is CC1=C(C)C(/C=C(\C)c2c(F)cccc2P)=CN=C(Nc2ccc(C)nc2)C1. The molecular formula is C23H25FN3P. The molecular weight excluding hydrogens is 368 g/mol. The van der Waals surface area contributed by atoms with E-state index >= 15 is 0 Å². The quantitative estimate of drug-likeness (QED) is 0.693. The van der Waals surface area contributed by atoms with Crippen LogP contribution in [0.2, 0.25) is 0 Å². The molecule has 0 amide bonds. The van der Waals surface area contributed by atoms with Crippen LogP contribution in [0.4, 0.5) is 10.1 Å². The van der Waals surface area contributed by atoms with Crippen LogP contribution in [-0.4, -0.2) is 10.8 Å². The fourth-order valence-corrected chi connectivity index (χ4v) is 3.59. The van der Waals surface area contributed by atoms with Gasteiger partial charge in [-0.25, -0.2) is 9.38 Å². The molecule has 0 spiro atoms. The Morgan fingerprint density at radius 1 is 1.18 bits per heavy atom. The summed E-state index contributed by atoms with van der Waals surface area (Å²) in [5, 5.41) is 4.19. The Kier molecular flexibility index (Phi) is 6.21. The zero-order valence-corrected chi connectivity index (χ0v) is 17.8. The third kappa shape index (κ3) is 4.63. The first-order valence-electron chi connectivity index (χ1n) is 9.21. The number of aromatic nitrogens is 1. The lowest BCUT2D eigenvalue weighted by Gasteiger charge is -2.11. The van der Waals surface area contributed by atoms with Crippen molar-refractivity contribution in [2.45, 2.75) is 34.1 Å². The molecule has 0 saturated heterocycles. The van der Waals surface area contributed by atoms with Gasteiger partial charge in [0.25, 0.3) is 0 Å². The van der Waals surface area contributed by atoms with Crippen LogP contribution >= 0.6 is 9.24 Å². The Balaban J connectivity index is 1.93. The average molecular weight is 393 g/mol. The Bertz CT molecular complexity index is 994. The third-order valence-corrected chi connectivity index (χ3v) is 5.36. The molecule has 2 heterocycles. The van der Waals surface area contributed by atoms with Gasteiger partial charge in [-0.15, -0.1) is 9.24 Å². The van der Waals surface area contributed by atoms with Crippen LogP contribution in [0, 0.1) is 12.7 Å². The van der Waals surface area contributed by atoms with Crippen LogP contribution in [-0.2, 0) is 0 Å². The first kappa shape index (κ1) is 20.2. The van der Waals surface area contributed by atoms with Crippen molar-refractivity contribution < 1.29 is 4.39 Å². The van der Waals surface area contributed by atoms with E-state index in [0.29, 0.717) is 5.56 Å². The molecule has 1 N–H and O–H groups in total. The summed E-state index contributed by atoms with van der Waals surface area (Å²) >= 11 is 0. The van der Waals surface area contributed by atoms with Crippen LogP contribution in [0.15, 0.2) is 70.5 Å². The van der Waals surface area contributed by atoms with Gasteiger partial charge in [-0.3, -0.25) is 4.98 Å². The smallest absolute Gasteiger partial charge is 0.131 e. The highest BCUT2D eigenvalue weighted by Gasteiger charge is 2.13. The predicted octanol–water partition coefficient (Wildman–Crippen LogP) is 5.57. The van der Waals surface area contributed by atoms with Gasteiger partial charge in [0.05, 0.1) is 11.9 Å². The summed E-state index contributed by atoms with van der Waals surface area (Å²) in [6.07, 6.45) is 6.39. The maximum atomic E-state index is 14.3. The topological polar surface area (TPSA) is 37.3 Å². The van der Waals surface area contributed by atoms with E-state index in [1.807, 2.05) is 50.5 Å². The van der Waals surface area contributed by atoms with E-state index in [0.717, 1.165) is 45.7 Å². The van der Waals surface area contributed by atoms with Crippen LogP contribution in [0.25, 0.3) is 5.57 Å². The van der Waals surface area contributed by atoms with Gasteiger partial charge < -0.3 is 5.32 Å². The van der Waals surface area contributed by atoms with Crippen molar-refractivity contribution in [1.82, 2.24) is 4.98 Å². The normalized spacial score (nSPS) is 15.1. The molecule has 28 heavy (non-hydrogen) atoms. The van der Waals surface area contributed by atoms with Gasteiger partial charge >= 0.3 is 0 Å². The van der Waals surface area contributed by atoms with Crippen molar-refractivity contribution in [3.05, 3.63) is 82.6 Å². The highest BCUT2D eigenvalue weighted by Crippen LogP contribution is 2.26. The molecule has 1 unspecified atom stereocenters. The summed E-state index contributed by atoms with van der Waals surface area (Å²) in [6, 6.07) is 9.07. The number of nitrogens with zero attached hydrogens (tertiary/aromatic N) is 2. The van der Waals surface area contributed by atoms with Crippen molar-refractivity contribution in [2.75, 3.05) is 5.32 Å². The van der Waals surface area contributed by atoms with E-state index in [2.05, 4.69) is 38.4 Å². The molecule has 0 bridgehead atoms. The number of pyridine rings is 1. The molecule has 1 aromatic heterocycles. The number of nitrogens with one attached hydrogen (secondary N) is 1. The molecule has 0 saturated carbocycles. The Hall–Kier alpha value is -2.58. The monoisotopic (exact) mass is 393 g/mol. The van der Waals surface area contributed by atoms with Crippen molar-refractivity contribution in [3.8, 4) is 0 Å². The van der Waals surface area contributed by atoms with Crippen molar-refractivity contribution in [1.29, 1.82) is 0 Å². The minimum atomic E-state index is -0.216. The molecule has 0 radical (unpaired) electrons. The molecule has 1 aliphatic heterocycles. The van der Waals surface area contributed by atoms with E-state index in [4.69, 9.17) is 0 Å². The number of benzene rings is 1. The lowest BCUT2D eigenvalue weighted by atomic mass is 9.97. The van der Waals surface area contributed by atoms with Crippen LogP contribution in [0.1, 0.15) is 38.4 Å². The van der Waals surface area contributed by atoms with Gasteiger partial charge in [0.1, 0.15) is 11.7 Å². The molecule has 3 rings (SSSR count). The maximum absolute atomic E-state index is 14.3. The van der Waals surface area contributed by atoms with E-state index in [9.17, 15) is 4.39 Å². The number of halogens is 1. The second kappa shape index (κ2) is 8.62. The summed E-state index contributed by atoms with van der Waals surface area (Å²) < 4.78 is 14.3. The minimum Gasteiger partial charge on any atom is -0.342 e. The largest absolute Gasteiger partial charge is 0.342 e. The van der Waals surface area contributed by atoms with E-state index in [1.54, 1.807) is 6.07 Å². The van der Waals surface area contributed by atoms with Gasteiger partial charge in [-0.2, -0.15) is 0 Å². The zero-order chi connectivity index (χ0) is 20.3. The first-order chi connectivity index (χ1) is 13.3. The number of amidine groups is 1. The van der Waals surface area contributed by atoms with Crippen LogP contribution in [0.5, 0.6) is 0 Å². The number of aliphatic imine (C=N–C) groups is 1. The second-order valence-electron chi connectivity index (χ2n) is 7.09. The Labute approximate surface area is 168 Å². The van der Waals surface area contributed by atoms with Gasteiger partial charge in [0.2, 0.25) is 0 Å². The zero-order valence-electron chi connectivity index (χ0n) is 16.7. The number of allylic oxidation sites excluding steroid dienone is 4. The molecule has 2 aromatic rings. The minimum absolute atomic E-state index is 0.216. The fraction of sp³-hybridized carbons (Fsp3) is 0.217. The molecule has 3 nitrogen and oxygen atoms in total. The van der Waals surface area contributed by atoms with Crippen molar-refractivity contribution in [2.24, 2.45) is 4.99 Å². The molecule has 0 aliphatic carbocycles. The molecule has 1 aliphatic rings. The van der Waals surface area contributed by atoms with E-state index < -0.39 is 0 Å². The number of anilines is 1. The molecule has 144 valence electrons. The molecule has 1 aromatic carbocycles. The van der Waals surface area contributed by atoms with Gasteiger partial charge in [-0.1, -0.05) is 17.7 Å². The van der Waals surface area contributed by atoms with Crippen LogP contribution < -0.4 is 10.6 Å². The number of rotatable bonds is 3. The average Bonchev–Trinajstić information content (AvgIpc) is 2.77. The van der Waals surface area contributed by atoms with Crippen LogP contribution in [0.3, 0.4) is 0 Å². The van der Waals surface area contributed by atoms with E-state index in [-0.39, 0.29) is 5.82 Å². The first-order valence-corrected chi connectivity index (χ1v) is 9.79. The van der Waals surface area contributed by atoms with Gasteiger partial charge in [-0.05, 0) is 74.0 Å². The number of hydrogen-bond donors (Lipinski definition) is 1. The second-order valence-corrected chi connectivity index (χ2v) is 7.71. The third-order valence-electron chi connectivity index (χ3n) is 4.88. The number of hydrogen-bond acceptors (Lipinski definition) is 3. The molecule has 1 atom stereocenters. The van der Waals surface area contributed by atoms with E-state index in [1.165, 1.54) is 11.6 Å². The highest BCUT2D eigenvalue weighted by molar-refractivity contribution is 7.27. The van der Waals surface area contributed by atoms with Crippen molar-refractivity contribution >= 4 is 31.6 Å². The number of aryl methyl sites for hydroxylation is 1. The van der Waals surface area contributed by atoms with Crippen molar-refractivity contribution in [3.63, 3.8) is 0 Å². The predicted molar refractivity (Wildman–Crippen MR) is 121 cm³/mol. The van der Waals surface area contributed by atoms with Gasteiger partial charge in [0, 0.05) is 23.9 Å². The fourth-order valence-electron chi connectivity index (χ4n) is 3.11. The lowest BCUT2D eigenvalue weighted by molar-refractivity contribution is 0.625. The maximum Gasteiger partial charge on any atom is 0.131 e. The summed E-state index contributed by atoms with van der Waals surface area (Å²) in [7, 11) is 2.61. The standard InChI is InChI=1S/C23H25FN3P/c1-14-11-22(27-19-9-8-16(3)25-13-19)26-12-18(17(14)4)10-15(2)23-20(24)6-5-7-21(23)28/h5-10,12-13H,11,28H2,1-4H3,(H,26,27)/b15-10+. The van der Waals surface area contributed by atoms with Gasteiger partial charge in [0.15, 0.2) is 0 Å². The summed E-state index contributed by atoms with van der Waals surface area (Å²) in [6.45, 7) is 8.08. The lowest BCUT2D eigenvalue weighted by Crippen LogP contribution is -2.12. The molecule has 0 fully saturated rings. The molecule has 5 heteroatoms.